The summed E-state index contributed by atoms with van der Waals surface area (Å²) in [7, 11) is 1.71. The van der Waals surface area contributed by atoms with Gasteiger partial charge in [0.05, 0.1) is 19.3 Å². The molecule has 7 nitrogen and oxygen atoms in total. The highest BCUT2D eigenvalue weighted by Crippen LogP contribution is 2.28. The Morgan fingerprint density at radius 1 is 1.20 bits per heavy atom. The second-order valence-electron chi connectivity index (χ2n) is 5.86. The van der Waals surface area contributed by atoms with Gasteiger partial charge in [0.25, 0.3) is 0 Å². The fourth-order valence-corrected chi connectivity index (χ4v) is 2.87. The van der Waals surface area contributed by atoms with Crippen LogP contribution in [-0.4, -0.2) is 69.7 Å². The van der Waals surface area contributed by atoms with Crippen LogP contribution in [0.25, 0.3) is 0 Å². The molecule has 0 bridgehead atoms. The fourth-order valence-electron chi connectivity index (χ4n) is 2.87. The van der Waals surface area contributed by atoms with Crippen LogP contribution in [0.2, 0.25) is 0 Å². The number of carbonyl (C=O) groups is 1. The molecule has 1 aliphatic rings. The van der Waals surface area contributed by atoms with Crippen LogP contribution in [0.3, 0.4) is 0 Å². The molecule has 1 saturated heterocycles. The van der Waals surface area contributed by atoms with Crippen molar-refractivity contribution in [1.29, 1.82) is 0 Å². The van der Waals surface area contributed by atoms with Gasteiger partial charge in [-0.2, -0.15) is 0 Å². The molecule has 0 spiro atoms. The number of hydrogen-bond donors (Lipinski definition) is 2. The van der Waals surface area contributed by atoms with Gasteiger partial charge in [-0.25, -0.2) is 0 Å². The van der Waals surface area contributed by atoms with Crippen molar-refractivity contribution < 1.29 is 9.53 Å². The van der Waals surface area contributed by atoms with E-state index in [1.165, 1.54) is 6.92 Å². The van der Waals surface area contributed by atoms with Gasteiger partial charge in [-0.15, -0.1) is 0 Å². The van der Waals surface area contributed by atoms with Gasteiger partial charge < -0.3 is 25.2 Å². The van der Waals surface area contributed by atoms with Gasteiger partial charge in [-0.05, 0) is 19.1 Å². The van der Waals surface area contributed by atoms with E-state index in [4.69, 9.17) is 4.74 Å². The number of amides is 1. The van der Waals surface area contributed by atoms with Crippen molar-refractivity contribution in [1.82, 2.24) is 15.5 Å². The quantitative estimate of drug-likeness (QED) is 0.455. The Bertz CT molecular complexity index is 583. The van der Waals surface area contributed by atoms with Crippen molar-refractivity contribution in [3.8, 4) is 5.75 Å². The number of anilines is 1. The lowest BCUT2D eigenvalue weighted by Crippen LogP contribution is -2.52. The van der Waals surface area contributed by atoms with E-state index in [1.54, 1.807) is 7.11 Å². The SMILES string of the molecule is CCNC(=NCCNC(C)=O)N1CCN(c2ccccc2OC)CC1. The van der Waals surface area contributed by atoms with Crippen LogP contribution in [-0.2, 0) is 4.79 Å². The minimum absolute atomic E-state index is 0.0226. The molecule has 1 aromatic rings. The average Bonchev–Trinajstić information content (AvgIpc) is 2.64. The van der Waals surface area contributed by atoms with Crippen molar-refractivity contribution in [3.63, 3.8) is 0 Å². The van der Waals surface area contributed by atoms with Gasteiger partial charge in [0, 0.05) is 46.2 Å². The highest BCUT2D eigenvalue weighted by atomic mass is 16.5. The molecule has 1 heterocycles. The van der Waals surface area contributed by atoms with Crippen molar-refractivity contribution in [2.24, 2.45) is 4.99 Å². The summed E-state index contributed by atoms with van der Waals surface area (Å²) >= 11 is 0. The summed E-state index contributed by atoms with van der Waals surface area (Å²) in [6, 6.07) is 8.12. The highest BCUT2D eigenvalue weighted by Gasteiger charge is 2.21. The van der Waals surface area contributed by atoms with Gasteiger partial charge in [-0.1, -0.05) is 12.1 Å². The molecule has 1 aromatic carbocycles. The summed E-state index contributed by atoms with van der Waals surface area (Å²) in [5.41, 5.74) is 1.14. The fraction of sp³-hybridized carbons (Fsp3) is 0.556. The summed E-state index contributed by atoms with van der Waals surface area (Å²) in [5.74, 6) is 1.80. The van der Waals surface area contributed by atoms with E-state index in [2.05, 4.69) is 38.4 Å². The zero-order valence-electron chi connectivity index (χ0n) is 15.4. The van der Waals surface area contributed by atoms with Crippen LogP contribution in [0.5, 0.6) is 5.75 Å². The van der Waals surface area contributed by atoms with Crippen molar-refractivity contribution in [3.05, 3.63) is 24.3 Å². The Kier molecular flexibility index (Phi) is 7.37. The summed E-state index contributed by atoms with van der Waals surface area (Å²) in [4.78, 5) is 20.2. The lowest BCUT2D eigenvalue weighted by molar-refractivity contribution is -0.118. The number of ether oxygens (including phenoxy) is 1. The Hall–Kier alpha value is -2.44. The first-order valence-corrected chi connectivity index (χ1v) is 8.81. The van der Waals surface area contributed by atoms with Crippen LogP contribution in [0.1, 0.15) is 13.8 Å². The lowest BCUT2D eigenvalue weighted by Gasteiger charge is -2.38. The summed E-state index contributed by atoms with van der Waals surface area (Å²) < 4.78 is 5.47. The lowest BCUT2D eigenvalue weighted by atomic mass is 10.2. The van der Waals surface area contributed by atoms with Crippen LogP contribution >= 0.6 is 0 Å². The van der Waals surface area contributed by atoms with Crippen molar-refractivity contribution in [2.45, 2.75) is 13.8 Å². The van der Waals surface area contributed by atoms with E-state index >= 15 is 0 Å². The third-order valence-electron chi connectivity index (χ3n) is 4.09. The molecule has 0 unspecified atom stereocenters. The second kappa shape index (κ2) is 9.76. The van der Waals surface area contributed by atoms with Gasteiger partial charge in [0.15, 0.2) is 5.96 Å². The van der Waals surface area contributed by atoms with Crippen LogP contribution in [0.15, 0.2) is 29.3 Å². The number of carbonyl (C=O) groups excluding carboxylic acids is 1. The van der Waals surface area contributed by atoms with Gasteiger partial charge in [0.1, 0.15) is 5.75 Å². The maximum absolute atomic E-state index is 10.9. The molecular formula is C18H29N5O2. The molecule has 2 rings (SSSR count). The largest absolute Gasteiger partial charge is 0.495 e. The molecule has 2 N–H and O–H groups in total. The topological polar surface area (TPSA) is 69.2 Å². The van der Waals surface area contributed by atoms with E-state index < -0.39 is 0 Å². The van der Waals surface area contributed by atoms with Crippen LogP contribution in [0.4, 0.5) is 5.69 Å². The first-order valence-electron chi connectivity index (χ1n) is 8.81. The number of methoxy groups -OCH3 is 1. The zero-order chi connectivity index (χ0) is 18.1. The second-order valence-corrected chi connectivity index (χ2v) is 5.86. The van der Waals surface area contributed by atoms with Gasteiger partial charge in [0.2, 0.25) is 5.91 Å². The van der Waals surface area contributed by atoms with E-state index in [1.807, 2.05) is 18.2 Å². The summed E-state index contributed by atoms with van der Waals surface area (Å²) in [6.45, 7) is 9.16. The van der Waals surface area contributed by atoms with Crippen LogP contribution in [0, 0.1) is 0 Å². The van der Waals surface area contributed by atoms with E-state index in [-0.39, 0.29) is 5.91 Å². The molecule has 0 atom stereocenters. The Balaban J connectivity index is 1.93. The number of piperazine rings is 1. The average molecular weight is 347 g/mol. The smallest absolute Gasteiger partial charge is 0.216 e. The molecule has 0 radical (unpaired) electrons. The highest BCUT2D eigenvalue weighted by molar-refractivity contribution is 5.80. The van der Waals surface area contributed by atoms with Crippen LogP contribution < -0.4 is 20.3 Å². The molecule has 1 aliphatic heterocycles. The zero-order valence-corrected chi connectivity index (χ0v) is 15.4. The maximum Gasteiger partial charge on any atom is 0.216 e. The number of rotatable bonds is 6. The predicted molar refractivity (Wildman–Crippen MR) is 101 cm³/mol. The minimum atomic E-state index is -0.0226. The Labute approximate surface area is 150 Å². The molecule has 25 heavy (non-hydrogen) atoms. The first kappa shape index (κ1) is 18.9. The van der Waals surface area contributed by atoms with E-state index in [0.29, 0.717) is 13.1 Å². The normalized spacial score (nSPS) is 15.1. The number of guanidine groups is 1. The molecule has 1 amide bonds. The molecule has 138 valence electrons. The number of para-hydroxylation sites is 2. The predicted octanol–water partition coefficient (Wildman–Crippen LogP) is 0.919. The van der Waals surface area contributed by atoms with Crippen molar-refractivity contribution in [2.75, 3.05) is 57.8 Å². The Morgan fingerprint density at radius 3 is 2.56 bits per heavy atom. The van der Waals surface area contributed by atoms with E-state index in [0.717, 1.165) is 50.1 Å². The molecule has 0 saturated carbocycles. The molecule has 0 aromatic heterocycles. The number of benzene rings is 1. The molecule has 0 aliphatic carbocycles. The summed E-state index contributed by atoms with van der Waals surface area (Å²) in [6.07, 6.45) is 0. The van der Waals surface area contributed by atoms with Crippen molar-refractivity contribution >= 4 is 17.6 Å². The third kappa shape index (κ3) is 5.55. The molecule has 1 fully saturated rings. The Morgan fingerprint density at radius 2 is 1.92 bits per heavy atom. The minimum Gasteiger partial charge on any atom is -0.495 e. The first-order chi connectivity index (χ1) is 12.2. The number of nitrogens with one attached hydrogen (secondary N) is 2. The number of aliphatic imine (C=N–C) groups is 1. The molecule has 7 heteroatoms. The van der Waals surface area contributed by atoms with Gasteiger partial charge in [-0.3, -0.25) is 9.79 Å². The number of nitrogens with zero attached hydrogens (tertiary/aromatic N) is 3. The standard InChI is InChI=1S/C18H29N5O2/c1-4-19-18(21-10-9-20-15(2)24)23-13-11-22(12-14-23)16-7-5-6-8-17(16)25-3/h5-8H,4,9-14H2,1-3H3,(H,19,21)(H,20,24). The number of hydrogen-bond acceptors (Lipinski definition) is 4. The van der Waals surface area contributed by atoms with Gasteiger partial charge >= 0.3 is 0 Å². The summed E-state index contributed by atoms with van der Waals surface area (Å²) in [5, 5.41) is 6.11. The third-order valence-corrected chi connectivity index (χ3v) is 4.09. The monoisotopic (exact) mass is 347 g/mol. The molecular weight excluding hydrogens is 318 g/mol. The van der Waals surface area contributed by atoms with E-state index in [9.17, 15) is 4.79 Å². The maximum atomic E-state index is 10.9.